The lowest BCUT2D eigenvalue weighted by Crippen LogP contribution is -2.44. The highest BCUT2D eigenvalue weighted by atomic mass is 79.9. The van der Waals surface area contributed by atoms with Crippen molar-refractivity contribution >= 4 is 21.8 Å². The van der Waals surface area contributed by atoms with Gasteiger partial charge in [-0.15, -0.1) is 0 Å². The number of piperidine rings is 1. The fraction of sp³-hybridized carbons (Fsp3) is 0.533. The average molecular weight is 382 g/mol. The molecule has 1 aromatic carbocycles. The van der Waals surface area contributed by atoms with E-state index < -0.39 is 30.4 Å². The fourth-order valence-electron chi connectivity index (χ4n) is 2.72. The van der Waals surface area contributed by atoms with Crippen LogP contribution >= 0.6 is 15.9 Å². The van der Waals surface area contributed by atoms with Crippen LogP contribution in [0.4, 0.5) is 17.6 Å². The highest BCUT2D eigenvalue weighted by Crippen LogP contribution is 2.29. The average Bonchev–Trinajstić information content (AvgIpc) is 2.47. The first-order valence-corrected chi connectivity index (χ1v) is 7.90. The van der Waals surface area contributed by atoms with Crippen molar-refractivity contribution in [3.63, 3.8) is 0 Å². The van der Waals surface area contributed by atoms with E-state index in [-0.39, 0.29) is 16.5 Å². The normalized spacial score (nSPS) is 19.3. The number of benzene rings is 1. The summed E-state index contributed by atoms with van der Waals surface area (Å²) >= 11 is 3.02. The molecule has 1 amide bonds. The second-order valence-corrected chi connectivity index (χ2v) is 6.26. The summed E-state index contributed by atoms with van der Waals surface area (Å²) in [7, 11) is 0. The van der Waals surface area contributed by atoms with E-state index in [0.29, 0.717) is 13.0 Å². The lowest BCUT2D eigenvalue weighted by atomic mass is 9.96. The standard InChI is InChI=1S/C15H16BrF4NO/c16-12-6-3-5-11(13(12)17)14(22)21-9-2-1-4-10(21)7-8-15(18,19)20/h3,5-6,10H,1-2,4,7-9H2. The summed E-state index contributed by atoms with van der Waals surface area (Å²) in [5.74, 6) is -1.21. The molecular formula is C15H16BrF4NO. The first kappa shape index (κ1) is 17.2. The highest BCUT2D eigenvalue weighted by Gasteiger charge is 2.33. The molecule has 1 aromatic rings. The summed E-state index contributed by atoms with van der Waals surface area (Å²) in [6.07, 6.45) is -3.27. The van der Waals surface area contributed by atoms with Gasteiger partial charge in [-0.3, -0.25) is 4.79 Å². The molecule has 2 rings (SSSR count). The van der Waals surface area contributed by atoms with Crippen LogP contribution in [-0.4, -0.2) is 29.6 Å². The molecule has 0 N–H and O–H groups in total. The highest BCUT2D eigenvalue weighted by molar-refractivity contribution is 9.10. The zero-order valence-electron chi connectivity index (χ0n) is 11.8. The van der Waals surface area contributed by atoms with Crippen LogP contribution in [0.25, 0.3) is 0 Å². The van der Waals surface area contributed by atoms with E-state index in [1.807, 2.05) is 0 Å². The fourth-order valence-corrected chi connectivity index (χ4v) is 3.09. The predicted octanol–water partition coefficient (Wildman–Crippen LogP) is 4.93. The SMILES string of the molecule is O=C(c1cccc(Br)c1F)N1CCCCC1CCC(F)(F)F. The third kappa shape index (κ3) is 4.21. The maximum Gasteiger partial charge on any atom is 0.389 e. The maximum absolute atomic E-state index is 14.0. The molecule has 0 radical (unpaired) electrons. The number of hydrogen-bond donors (Lipinski definition) is 0. The predicted molar refractivity (Wildman–Crippen MR) is 78.1 cm³/mol. The summed E-state index contributed by atoms with van der Waals surface area (Å²) in [6, 6.07) is 3.89. The quantitative estimate of drug-likeness (QED) is 0.680. The summed E-state index contributed by atoms with van der Waals surface area (Å²) in [6.45, 7) is 0.368. The molecule has 22 heavy (non-hydrogen) atoms. The van der Waals surface area contributed by atoms with Crippen LogP contribution in [0.3, 0.4) is 0 Å². The zero-order chi connectivity index (χ0) is 16.3. The van der Waals surface area contributed by atoms with E-state index in [1.54, 1.807) is 0 Å². The Bertz CT molecular complexity index is 547. The zero-order valence-corrected chi connectivity index (χ0v) is 13.4. The van der Waals surface area contributed by atoms with Gasteiger partial charge in [-0.05, 0) is 53.7 Å². The number of nitrogens with zero attached hydrogens (tertiary/aromatic N) is 1. The van der Waals surface area contributed by atoms with E-state index >= 15 is 0 Å². The molecule has 1 aliphatic heterocycles. The van der Waals surface area contributed by atoms with E-state index in [2.05, 4.69) is 15.9 Å². The van der Waals surface area contributed by atoms with Gasteiger partial charge >= 0.3 is 6.18 Å². The van der Waals surface area contributed by atoms with E-state index in [9.17, 15) is 22.4 Å². The Labute approximate surface area is 134 Å². The summed E-state index contributed by atoms with van der Waals surface area (Å²) < 4.78 is 51.4. The molecule has 0 spiro atoms. The molecule has 1 atom stereocenters. The van der Waals surface area contributed by atoms with Crippen molar-refractivity contribution in [2.45, 2.75) is 44.3 Å². The minimum Gasteiger partial charge on any atom is -0.336 e. The Morgan fingerprint density at radius 3 is 2.73 bits per heavy atom. The summed E-state index contributed by atoms with van der Waals surface area (Å²) in [5.41, 5.74) is -0.103. The van der Waals surface area contributed by atoms with Gasteiger partial charge < -0.3 is 4.90 Å². The molecule has 1 unspecified atom stereocenters. The van der Waals surface area contributed by atoms with Gasteiger partial charge in [0, 0.05) is 19.0 Å². The van der Waals surface area contributed by atoms with Crippen molar-refractivity contribution in [1.82, 2.24) is 4.90 Å². The monoisotopic (exact) mass is 381 g/mol. The molecule has 0 aliphatic carbocycles. The number of amides is 1. The maximum atomic E-state index is 14.0. The van der Waals surface area contributed by atoms with Gasteiger partial charge in [-0.2, -0.15) is 13.2 Å². The van der Waals surface area contributed by atoms with Gasteiger partial charge in [0.15, 0.2) is 0 Å². The topological polar surface area (TPSA) is 20.3 Å². The number of rotatable bonds is 3. The molecule has 1 heterocycles. The molecule has 7 heteroatoms. The van der Waals surface area contributed by atoms with E-state index in [0.717, 1.165) is 12.8 Å². The van der Waals surface area contributed by atoms with Gasteiger partial charge in [-0.1, -0.05) is 6.07 Å². The molecule has 2 nitrogen and oxygen atoms in total. The van der Waals surface area contributed by atoms with Crippen LogP contribution in [0, 0.1) is 5.82 Å². The van der Waals surface area contributed by atoms with Gasteiger partial charge in [0.1, 0.15) is 5.82 Å². The Morgan fingerprint density at radius 2 is 2.05 bits per heavy atom. The summed E-state index contributed by atoms with van der Waals surface area (Å²) in [5, 5.41) is 0. The van der Waals surface area contributed by atoms with Gasteiger partial charge in [0.25, 0.3) is 5.91 Å². The smallest absolute Gasteiger partial charge is 0.336 e. The van der Waals surface area contributed by atoms with Crippen molar-refractivity contribution in [3.8, 4) is 0 Å². The molecule has 0 bridgehead atoms. The van der Waals surface area contributed by atoms with Gasteiger partial charge in [-0.25, -0.2) is 4.39 Å². The van der Waals surface area contributed by atoms with Crippen LogP contribution in [0.15, 0.2) is 22.7 Å². The van der Waals surface area contributed by atoms with Crippen LogP contribution in [0.5, 0.6) is 0 Å². The van der Waals surface area contributed by atoms with Gasteiger partial charge in [0.05, 0.1) is 10.0 Å². The van der Waals surface area contributed by atoms with Crippen molar-refractivity contribution < 1.29 is 22.4 Å². The lowest BCUT2D eigenvalue weighted by molar-refractivity contribution is -0.138. The van der Waals surface area contributed by atoms with Crippen molar-refractivity contribution in [2.75, 3.05) is 6.54 Å². The molecule has 0 aromatic heterocycles. The molecular weight excluding hydrogens is 366 g/mol. The third-order valence-electron chi connectivity index (χ3n) is 3.83. The minimum absolute atomic E-state index is 0.103. The number of alkyl halides is 3. The first-order valence-electron chi connectivity index (χ1n) is 7.11. The first-order chi connectivity index (χ1) is 10.3. The van der Waals surface area contributed by atoms with Crippen molar-refractivity contribution in [1.29, 1.82) is 0 Å². The van der Waals surface area contributed by atoms with Crippen LogP contribution in [0.1, 0.15) is 42.5 Å². The Hall–Kier alpha value is -1.11. The van der Waals surface area contributed by atoms with Crippen LogP contribution in [0.2, 0.25) is 0 Å². The molecule has 122 valence electrons. The third-order valence-corrected chi connectivity index (χ3v) is 4.44. The molecule has 0 saturated carbocycles. The molecule has 1 fully saturated rings. The Balaban J connectivity index is 2.16. The number of carbonyl (C=O) groups is 1. The summed E-state index contributed by atoms with van der Waals surface area (Å²) in [4.78, 5) is 13.9. The van der Waals surface area contributed by atoms with E-state index in [4.69, 9.17) is 0 Å². The largest absolute Gasteiger partial charge is 0.389 e. The minimum atomic E-state index is -4.24. The second-order valence-electron chi connectivity index (χ2n) is 5.40. The Kier molecular flexibility index (Phi) is 5.47. The molecule has 1 saturated heterocycles. The van der Waals surface area contributed by atoms with Crippen molar-refractivity contribution in [3.05, 3.63) is 34.1 Å². The van der Waals surface area contributed by atoms with Gasteiger partial charge in [0.2, 0.25) is 0 Å². The number of likely N-dealkylation sites (tertiary alicyclic amines) is 1. The number of hydrogen-bond acceptors (Lipinski definition) is 1. The second kappa shape index (κ2) is 6.98. The Morgan fingerprint density at radius 1 is 1.32 bits per heavy atom. The van der Waals surface area contributed by atoms with Crippen LogP contribution in [-0.2, 0) is 0 Å². The number of carbonyl (C=O) groups excluding carboxylic acids is 1. The number of halogens is 5. The van der Waals surface area contributed by atoms with Crippen LogP contribution < -0.4 is 0 Å². The lowest BCUT2D eigenvalue weighted by Gasteiger charge is -2.36. The molecule has 1 aliphatic rings. The van der Waals surface area contributed by atoms with E-state index in [1.165, 1.54) is 23.1 Å². The van der Waals surface area contributed by atoms with Crippen molar-refractivity contribution in [2.24, 2.45) is 0 Å².